The number of aryl methyl sites for hydroxylation is 1. The molecule has 1 fully saturated rings. The van der Waals surface area contributed by atoms with Crippen molar-refractivity contribution in [2.24, 2.45) is 5.92 Å². The van der Waals surface area contributed by atoms with Crippen molar-refractivity contribution in [2.75, 3.05) is 17.6 Å². The number of nitrogen functional groups attached to an aromatic ring is 1. The SMILES string of the molecule is CCc1ccc2ccc(-n3nc(C(F)(F)F)cc3C(=O)Nc3cc(C(NCC4CC4)c4cccc(C#N)c4)ccc3F)cc2c1N. The zero-order valence-corrected chi connectivity index (χ0v) is 24.8. The normalized spacial score (nSPS) is 13.8. The van der Waals surface area contributed by atoms with Crippen molar-refractivity contribution in [2.45, 2.75) is 38.4 Å². The van der Waals surface area contributed by atoms with Crippen LogP contribution in [0.5, 0.6) is 0 Å². The van der Waals surface area contributed by atoms with Crippen LogP contribution in [0.4, 0.5) is 28.9 Å². The first-order valence-electron chi connectivity index (χ1n) is 14.9. The van der Waals surface area contributed by atoms with Gasteiger partial charge in [-0.2, -0.15) is 23.5 Å². The summed E-state index contributed by atoms with van der Waals surface area (Å²) in [5, 5.41) is 20.5. The number of hydrogen-bond donors (Lipinski definition) is 3. The minimum atomic E-state index is -4.84. The molecule has 0 aliphatic heterocycles. The molecule has 1 amide bonds. The van der Waals surface area contributed by atoms with E-state index in [4.69, 9.17) is 5.73 Å². The third kappa shape index (κ3) is 6.30. The van der Waals surface area contributed by atoms with E-state index < -0.39 is 35.3 Å². The van der Waals surface area contributed by atoms with Crippen molar-refractivity contribution < 1.29 is 22.4 Å². The molecule has 1 aliphatic carbocycles. The van der Waals surface area contributed by atoms with Gasteiger partial charge in [0.05, 0.1) is 29.0 Å². The van der Waals surface area contributed by atoms with Crippen LogP contribution in [-0.4, -0.2) is 22.2 Å². The molecule has 0 radical (unpaired) electrons. The molecule has 6 rings (SSSR count). The third-order valence-corrected chi connectivity index (χ3v) is 8.22. The highest BCUT2D eigenvalue weighted by Gasteiger charge is 2.36. The maximum Gasteiger partial charge on any atom is 0.435 e. The molecule has 7 nitrogen and oxygen atoms in total. The molecule has 1 unspecified atom stereocenters. The van der Waals surface area contributed by atoms with Crippen LogP contribution in [0.1, 0.15) is 64.2 Å². The van der Waals surface area contributed by atoms with Gasteiger partial charge in [-0.15, -0.1) is 0 Å². The Bertz CT molecular complexity index is 1990. The van der Waals surface area contributed by atoms with Gasteiger partial charge in [0, 0.05) is 17.1 Å². The number of aromatic nitrogens is 2. The van der Waals surface area contributed by atoms with Crippen molar-refractivity contribution in [3.8, 4) is 11.8 Å². The van der Waals surface area contributed by atoms with Crippen LogP contribution in [-0.2, 0) is 12.6 Å². The molecular formula is C35H30F4N6O. The summed E-state index contributed by atoms with van der Waals surface area (Å²) >= 11 is 0. The summed E-state index contributed by atoms with van der Waals surface area (Å²) in [6, 6.07) is 22.2. The maximum absolute atomic E-state index is 15.2. The number of alkyl halides is 3. The van der Waals surface area contributed by atoms with E-state index in [1.54, 1.807) is 42.5 Å². The number of hydrogen-bond acceptors (Lipinski definition) is 5. The molecule has 11 heteroatoms. The number of amides is 1. The van der Waals surface area contributed by atoms with Gasteiger partial charge in [0.25, 0.3) is 5.91 Å². The Morgan fingerprint density at radius 3 is 2.54 bits per heavy atom. The van der Waals surface area contributed by atoms with Gasteiger partial charge < -0.3 is 16.4 Å². The number of rotatable bonds is 9. The molecule has 0 bridgehead atoms. The lowest BCUT2D eigenvalue weighted by atomic mass is 9.96. The van der Waals surface area contributed by atoms with Crippen LogP contribution >= 0.6 is 0 Å². The van der Waals surface area contributed by atoms with Crippen molar-refractivity contribution in [3.63, 3.8) is 0 Å². The second-order valence-corrected chi connectivity index (χ2v) is 11.4. The van der Waals surface area contributed by atoms with Crippen molar-refractivity contribution in [1.82, 2.24) is 15.1 Å². The molecule has 1 saturated carbocycles. The molecule has 4 N–H and O–H groups in total. The van der Waals surface area contributed by atoms with E-state index in [0.717, 1.165) is 34.0 Å². The molecule has 4 aromatic carbocycles. The number of benzene rings is 4. The summed E-state index contributed by atoms with van der Waals surface area (Å²) in [6.45, 7) is 2.64. The Labute approximate surface area is 262 Å². The number of carbonyl (C=O) groups excluding carboxylic acids is 1. The number of nitrogens with two attached hydrogens (primary N) is 1. The highest BCUT2D eigenvalue weighted by Crippen LogP contribution is 2.34. The van der Waals surface area contributed by atoms with Crippen LogP contribution in [0.15, 0.2) is 78.9 Å². The van der Waals surface area contributed by atoms with Gasteiger partial charge in [0.15, 0.2) is 5.69 Å². The van der Waals surface area contributed by atoms with Gasteiger partial charge in [-0.3, -0.25) is 4.79 Å². The van der Waals surface area contributed by atoms with E-state index in [1.807, 2.05) is 25.1 Å². The molecule has 0 spiro atoms. The fourth-order valence-corrected chi connectivity index (χ4v) is 5.52. The van der Waals surface area contributed by atoms with Crippen LogP contribution < -0.4 is 16.4 Å². The molecular weight excluding hydrogens is 596 g/mol. The number of nitriles is 1. The van der Waals surface area contributed by atoms with E-state index >= 15 is 4.39 Å². The fourth-order valence-electron chi connectivity index (χ4n) is 5.52. The average Bonchev–Trinajstić information content (AvgIpc) is 3.76. The quantitative estimate of drug-likeness (QED) is 0.116. The molecule has 1 aromatic heterocycles. The van der Waals surface area contributed by atoms with Gasteiger partial charge in [-0.25, -0.2) is 9.07 Å². The zero-order chi connectivity index (χ0) is 32.6. The van der Waals surface area contributed by atoms with Gasteiger partial charge in [0.1, 0.15) is 11.5 Å². The Kier molecular flexibility index (Phi) is 8.23. The molecule has 1 heterocycles. The predicted octanol–water partition coefficient (Wildman–Crippen LogP) is 7.54. The lowest BCUT2D eigenvalue weighted by Gasteiger charge is -2.21. The first kappa shape index (κ1) is 30.8. The Morgan fingerprint density at radius 2 is 1.83 bits per heavy atom. The fraction of sp³-hybridized carbons (Fsp3) is 0.229. The van der Waals surface area contributed by atoms with Crippen LogP contribution in [0.3, 0.4) is 0 Å². The van der Waals surface area contributed by atoms with E-state index in [1.165, 1.54) is 12.1 Å². The topological polar surface area (TPSA) is 109 Å². The summed E-state index contributed by atoms with van der Waals surface area (Å²) in [5.74, 6) is -1.23. The lowest BCUT2D eigenvalue weighted by molar-refractivity contribution is -0.141. The third-order valence-electron chi connectivity index (χ3n) is 8.22. The monoisotopic (exact) mass is 626 g/mol. The van der Waals surface area contributed by atoms with Crippen LogP contribution in [0, 0.1) is 23.1 Å². The minimum Gasteiger partial charge on any atom is -0.398 e. The number of nitrogens with zero attached hydrogens (tertiary/aromatic N) is 3. The summed E-state index contributed by atoms with van der Waals surface area (Å²) in [5.41, 5.74) is 7.81. The largest absolute Gasteiger partial charge is 0.435 e. The van der Waals surface area contributed by atoms with Gasteiger partial charge in [0.2, 0.25) is 0 Å². The van der Waals surface area contributed by atoms with Crippen molar-refractivity contribution in [1.29, 1.82) is 5.26 Å². The summed E-state index contributed by atoms with van der Waals surface area (Å²) < 4.78 is 57.6. The van der Waals surface area contributed by atoms with E-state index in [9.17, 15) is 23.2 Å². The Balaban J connectivity index is 1.37. The second-order valence-electron chi connectivity index (χ2n) is 11.4. The van der Waals surface area contributed by atoms with Gasteiger partial charge in [-0.05, 0) is 90.2 Å². The molecule has 46 heavy (non-hydrogen) atoms. The van der Waals surface area contributed by atoms with Crippen molar-refractivity contribution >= 4 is 28.1 Å². The Hall–Kier alpha value is -5.21. The number of halogens is 4. The first-order chi connectivity index (χ1) is 22.0. The number of carbonyl (C=O) groups is 1. The number of nitrogens with one attached hydrogen (secondary N) is 2. The second kappa shape index (κ2) is 12.3. The standard InChI is InChI=1S/C35H30F4N6O/c1-2-22-8-9-23-10-12-26(16-27(23)32(22)41)45-30(17-31(44-45)35(37,38)39)34(46)43-29-15-25(11-13-28(29)36)33(42-19-20-6-7-20)24-5-3-4-21(14-24)18-40/h3-5,8-17,20,33,42H,2,6-7,19,41H2,1H3,(H,43,46). The highest BCUT2D eigenvalue weighted by atomic mass is 19.4. The van der Waals surface area contributed by atoms with Crippen molar-refractivity contribution in [3.05, 3.63) is 118 Å². The van der Waals surface area contributed by atoms with E-state index in [0.29, 0.717) is 47.2 Å². The number of fused-ring (bicyclic) bond motifs is 1. The summed E-state index contributed by atoms with van der Waals surface area (Å²) in [6.07, 6.45) is -1.99. The summed E-state index contributed by atoms with van der Waals surface area (Å²) in [4.78, 5) is 13.6. The smallest absolute Gasteiger partial charge is 0.398 e. The molecule has 234 valence electrons. The van der Waals surface area contributed by atoms with Crippen LogP contribution in [0.2, 0.25) is 0 Å². The zero-order valence-electron chi connectivity index (χ0n) is 24.8. The van der Waals surface area contributed by atoms with Crippen LogP contribution in [0.25, 0.3) is 16.5 Å². The Morgan fingerprint density at radius 1 is 1.07 bits per heavy atom. The maximum atomic E-state index is 15.2. The van der Waals surface area contributed by atoms with Gasteiger partial charge >= 0.3 is 6.18 Å². The first-order valence-corrected chi connectivity index (χ1v) is 14.9. The van der Waals surface area contributed by atoms with E-state index in [2.05, 4.69) is 21.8 Å². The molecule has 1 atom stereocenters. The molecule has 5 aromatic rings. The molecule has 0 saturated heterocycles. The minimum absolute atomic E-state index is 0.184. The van der Waals surface area contributed by atoms with E-state index in [-0.39, 0.29) is 11.4 Å². The van der Waals surface area contributed by atoms with Gasteiger partial charge in [-0.1, -0.05) is 43.3 Å². The number of anilines is 2. The average molecular weight is 627 g/mol. The highest BCUT2D eigenvalue weighted by molar-refractivity contribution is 6.04. The predicted molar refractivity (Wildman–Crippen MR) is 168 cm³/mol. The molecule has 1 aliphatic rings. The summed E-state index contributed by atoms with van der Waals surface area (Å²) in [7, 11) is 0. The lowest BCUT2D eigenvalue weighted by Crippen LogP contribution is -2.25.